The molecular formula is C23H24ClNO4. The Morgan fingerprint density at radius 3 is 2.66 bits per heavy atom. The first-order chi connectivity index (χ1) is 14.1. The van der Waals surface area contributed by atoms with E-state index in [2.05, 4.69) is 0 Å². The Labute approximate surface area is 175 Å². The summed E-state index contributed by atoms with van der Waals surface area (Å²) in [7, 11) is 0. The lowest BCUT2D eigenvalue weighted by Crippen LogP contribution is -2.37. The van der Waals surface area contributed by atoms with E-state index in [4.69, 9.17) is 21.1 Å². The maximum absolute atomic E-state index is 12.8. The Hall–Kier alpha value is -2.53. The van der Waals surface area contributed by atoms with Crippen molar-refractivity contribution in [2.24, 2.45) is 0 Å². The maximum Gasteiger partial charge on any atom is 0.223 e. The summed E-state index contributed by atoms with van der Waals surface area (Å²) >= 11 is 6.28. The number of rotatable bonds is 6. The van der Waals surface area contributed by atoms with Crippen molar-refractivity contribution < 1.29 is 19.1 Å². The third-order valence-corrected chi connectivity index (χ3v) is 5.91. The van der Waals surface area contributed by atoms with Crippen LogP contribution in [-0.4, -0.2) is 42.4 Å². The van der Waals surface area contributed by atoms with Crippen molar-refractivity contribution in [2.75, 3.05) is 19.8 Å². The van der Waals surface area contributed by atoms with Crippen LogP contribution in [0.4, 0.5) is 0 Å². The molecule has 1 fully saturated rings. The van der Waals surface area contributed by atoms with Crippen molar-refractivity contribution in [2.45, 2.75) is 38.1 Å². The lowest BCUT2D eigenvalue weighted by Gasteiger charge is -2.25. The van der Waals surface area contributed by atoms with Crippen molar-refractivity contribution in [3.8, 4) is 11.5 Å². The maximum atomic E-state index is 12.8. The van der Waals surface area contributed by atoms with Gasteiger partial charge >= 0.3 is 0 Å². The molecule has 0 aliphatic carbocycles. The molecule has 4 rings (SSSR count). The Balaban J connectivity index is 1.35. The minimum atomic E-state index is -0.0582. The number of ether oxygens (including phenoxy) is 2. The summed E-state index contributed by atoms with van der Waals surface area (Å²) in [6.07, 6.45) is 3.10. The number of halogens is 1. The van der Waals surface area contributed by atoms with Gasteiger partial charge in [-0.3, -0.25) is 9.59 Å². The quantitative estimate of drug-likeness (QED) is 0.662. The third kappa shape index (κ3) is 4.56. The molecule has 1 unspecified atom stereocenters. The molecule has 6 heteroatoms. The second-order valence-corrected chi connectivity index (χ2v) is 7.87. The second-order valence-electron chi connectivity index (χ2n) is 7.46. The summed E-state index contributed by atoms with van der Waals surface area (Å²) in [6.45, 7) is 1.73. The van der Waals surface area contributed by atoms with Crippen LogP contribution < -0.4 is 9.47 Å². The zero-order valence-corrected chi connectivity index (χ0v) is 17.0. The van der Waals surface area contributed by atoms with Crippen LogP contribution in [0.2, 0.25) is 5.02 Å². The van der Waals surface area contributed by atoms with E-state index in [0.717, 1.165) is 36.4 Å². The lowest BCUT2D eigenvalue weighted by molar-refractivity contribution is -0.131. The topological polar surface area (TPSA) is 55.8 Å². The van der Waals surface area contributed by atoms with E-state index in [1.54, 1.807) is 18.2 Å². The molecule has 0 spiro atoms. The molecule has 1 amide bonds. The first-order valence-electron chi connectivity index (χ1n) is 10.1. The highest BCUT2D eigenvalue weighted by Crippen LogP contribution is 2.31. The van der Waals surface area contributed by atoms with Gasteiger partial charge in [0.2, 0.25) is 5.91 Å². The van der Waals surface area contributed by atoms with Gasteiger partial charge in [0, 0.05) is 36.0 Å². The van der Waals surface area contributed by atoms with Crippen molar-refractivity contribution in [1.82, 2.24) is 4.90 Å². The van der Waals surface area contributed by atoms with Crippen LogP contribution >= 0.6 is 11.6 Å². The minimum absolute atomic E-state index is 0.0328. The van der Waals surface area contributed by atoms with Crippen LogP contribution in [0.1, 0.15) is 41.6 Å². The summed E-state index contributed by atoms with van der Waals surface area (Å²) in [5.74, 6) is 1.22. The fourth-order valence-corrected chi connectivity index (χ4v) is 4.23. The van der Waals surface area contributed by atoms with Gasteiger partial charge in [-0.15, -0.1) is 0 Å². The average Bonchev–Trinajstić information content (AvgIpc) is 3.21. The smallest absolute Gasteiger partial charge is 0.223 e. The van der Waals surface area contributed by atoms with Gasteiger partial charge in [0.25, 0.3) is 0 Å². The predicted octanol–water partition coefficient (Wildman–Crippen LogP) is 4.31. The number of fused-ring (bicyclic) bond motifs is 1. The number of Topliss-reactive ketones (excluding diaryl/α,β-unsaturated/α-hetero) is 1. The summed E-state index contributed by atoms with van der Waals surface area (Å²) < 4.78 is 11.0. The van der Waals surface area contributed by atoms with Gasteiger partial charge in [-0.2, -0.15) is 0 Å². The van der Waals surface area contributed by atoms with Crippen LogP contribution in [0, 0.1) is 0 Å². The average molecular weight is 414 g/mol. The fourth-order valence-electron chi connectivity index (χ4n) is 4.02. The molecule has 29 heavy (non-hydrogen) atoms. The number of amides is 1. The fraction of sp³-hybridized carbons (Fsp3) is 0.391. The largest absolute Gasteiger partial charge is 0.486 e. The van der Waals surface area contributed by atoms with E-state index in [0.29, 0.717) is 30.3 Å². The number of nitrogens with zero attached hydrogens (tertiary/aromatic N) is 1. The van der Waals surface area contributed by atoms with Crippen LogP contribution in [0.3, 0.4) is 0 Å². The zero-order chi connectivity index (χ0) is 20.2. The number of hydrogen-bond donors (Lipinski definition) is 0. The Morgan fingerprint density at radius 2 is 1.83 bits per heavy atom. The third-order valence-electron chi connectivity index (χ3n) is 5.54. The van der Waals surface area contributed by atoms with Crippen LogP contribution in [-0.2, 0) is 11.2 Å². The Bertz CT molecular complexity index is 914. The van der Waals surface area contributed by atoms with Crippen LogP contribution in [0.25, 0.3) is 0 Å². The molecule has 2 aliphatic heterocycles. The van der Waals surface area contributed by atoms with E-state index in [9.17, 15) is 9.59 Å². The molecule has 1 saturated heterocycles. The minimum Gasteiger partial charge on any atom is -0.486 e. The van der Waals surface area contributed by atoms with Crippen LogP contribution in [0.5, 0.6) is 11.5 Å². The zero-order valence-electron chi connectivity index (χ0n) is 16.2. The first kappa shape index (κ1) is 19.8. The molecule has 2 aromatic carbocycles. The number of carbonyl (C=O) groups excluding carboxylic acids is 2. The van der Waals surface area contributed by atoms with E-state index in [-0.39, 0.29) is 30.6 Å². The molecule has 2 heterocycles. The van der Waals surface area contributed by atoms with E-state index in [1.165, 1.54) is 0 Å². The van der Waals surface area contributed by atoms with Crippen molar-refractivity contribution >= 4 is 23.3 Å². The number of benzene rings is 2. The molecule has 5 nitrogen and oxygen atoms in total. The molecule has 2 aliphatic rings. The second kappa shape index (κ2) is 8.87. The monoisotopic (exact) mass is 413 g/mol. The molecule has 0 saturated carbocycles. The standard InChI is InChI=1S/C23H24ClNO4/c24-19-6-2-1-4-16(19)14-18-5-3-11-25(18)23(27)10-8-20(26)17-7-9-21-22(15-17)29-13-12-28-21/h1-2,4,6-7,9,15,18H,3,5,8,10-14H2. The van der Waals surface area contributed by atoms with Crippen molar-refractivity contribution in [3.63, 3.8) is 0 Å². The molecule has 0 aromatic heterocycles. The molecule has 152 valence electrons. The highest BCUT2D eigenvalue weighted by atomic mass is 35.5. The van der Waals surface area contributed by atoms with E-state index >= 15 is 0 Å². The van der Waals surface area contributed by atoms with Gasteiger partial charge in [0.05, 0.1) is 0 Å². The summed E-state index contributed by atoms with van der Waals surface area (Å²) in [4.78, 5) is 27.3. The number of carbonyl (C=O) groups is 2. The van der Waals surface area contributed by atoms with Gasteiger partial charge in [0.15, 0.2) is 17.3 Å². The highest BCUT2D eigenvalue weighted by molar-refractivity contribution is 6.31. The van der Waals surface area contributed by atoms with Crippen molar-refractivity contribution in [1.29, 1.82) is 0 Å². The molecule has 0 N–H and O–H groups in total. The van der Waals surface area contributed by atoms with E-state index < -0.39 is 0 Å². The van der Waals surface area contributed by atoms with Gasteiger partial charge in [-0.1, -0.05) is 29.8 Å². The SMILES string of the molecule is O=C(CCC(=O)N1CCCC1Cc1ccccc1Cl)c1ccc2c(c1)OCCO2. The highest BCUT2D eigenvalue weighted by Gasteiger charge is 2.29. The Morgan fingerprint density at radius 1 is 1.03 bits per heavy atom. The first-order valence-corrected chi connectivity index (χ1v) is 10.5. The van der Waals surface area contributed by atoms with E-state index in [1.807, 2.05) is 29.2 Å². The summed E-state index contributed by atoms with van der Waals surface area (Å²) in [5, 5.41) is 0.737. The summed E-state index contributed by atoms with van der Waals surface area (Å²) in [6, 6.07) is 13.1. The number of hydrogen-bond acceptors (Lipinski definition) is 4. The molecule has 2 aromatic rings. The predicted molar refractivity (Wildman–Crippen MR) is 111 cm³/mol. The normalized spacial score (nSPS) is 18.0. The summed E-state index contributed by atoms with van der Waals surface area (Å²) in [5.41, 5.74) is 1.61. The lowest BCUT2D eigenvalue weighted by atomic mass is 10.0. The van der Waals surface area contributed by atoms with Gasteiger partial charge in [0.1, 0.15) is 13.2 Å². The van der Waals surface area contributed by atoms with Crippen LogP contribution in [0.15, 0.2) is 42.5 Å². The molecule has 0 bridgehead atoms. The molecule has 0 radical (unpaired) electrons. The van der Waals surface area contributed by atoms with Crippen molar-refractivity contribution in [3.05, 3.63) is 58.6 Å². The molecular weight excluding hydrogens is 390 g/mol. The van der Waals surface area contributed by atoms with Gasteiger partial charge < -0.3 is 14.4 Å². The number of ketones is 1. The number of likely N-dealkylation sites (tertiary alicyclic amines) is 1. The van der Waals surface area contributed by atoms with Gasteiger partial charge in [-0.25, -0.2) is 0 Å². The van der Waals surface area contributed by atoms with Gasteiger partial charge in [-0.05, 0) is 49.1 Å². The molecule has 1 atom stereocenters. The Kier molecular flexibility index (Phi) is 6.05.